The van der Waals surface area contributed by atoms with Crippen molar-refractivity contribution in [2.24, 2.45) is 0 Å². The Kier molecular flexibility index (Phi) is 6.90. The van der Waals surface area contributed by atoms with E-state index in [0.717, 1.165) is 12.7 Å². The van der Waals surface area contributed by atoms with Gasteiger partial charge in [0.2, 0.25) is 16.0 Å². The van der Waals surface area contributed by atoms with E-state index in [9.17, 15) is 17.2 Å². The SMILES string of the molecule is CCC(C)c1c(C#N)c(F)c2cnc(N)nn12.CS(=O)(=O)N1CCCC(F)C1. The number of nitrogens with zero attached hydrogens (tertiary/aromatic N) is 5. The van der Waals surface area contributed by atoms with E-state index in [1.165, 1.54) is 15.0 Å². The monoisotopic (exact) mass is 414 g/mol. The van der Waals surface area contributed by atoms with Crippen molar-refractivity contribution in [3.05, 3.63) is 23.3 Å². The van der Waals surface area contributed by atoms with Crippen molar-refractivity contribution in [3.8, 4) is 6.07 Å². The summed E-state index contributed by atoms with van der Waals surface area (Å²) in [6, 6.07) is 1.88. The van der Waals surface area contributed by atoms with Gasteiger partial charge < -0.3 is 5.73 Å². The largest absolute Gasteiger partial charge is 0.367 e. The van der Waals surface area contributed by atoms with Crippen LogP contribution >= 0.6 is 0 Å². The van der Waals surface area contributed by atoms with Gasteiger partial charge in [-0.1, -0.05) is 13.8 Å². The van der Waals surface area contributed by atoms with Crippen molar-refractivity contribution in [1.82, 2.24) is 18.9 Å². The minimum atomic E-state index is -3.17. The molecule has 3 rings (SSSR count). The number of hydrogen-bond donors (Lipinski definition) is 1. The third-order valence-corrected chi connectivity index (χ3v) is 5.93. The van der Waals surface area contributed by atoms with E-state index in [0.29, 0.717) is 25.1 Å². The minimum absolute atomic E-state index is 0.0240. The number of piperidine rings is 1. The first-order chi connectivity index (χ1) is 13.1. The van der Waals surface area contributed by atoms with Gasteiger partial charge in [0, 0.05) is 13.1 Å². The summed E-state index contributed by atoms with van der Waals surface area (Å²) >= 11 is 0. The Bertz CT molecular complexity index is 986. The zero-order chi connectivity index (χ0) is 21.1. The van der Waals surface area contributed by atoms with Crippen molar-refractivity contribution in [3.63, 3.8) is 0 Å². The molecule has 0 aliphatic carbocycles. The molecule has 0 spiro atoms. The number of halogens is 2. The Hall–Kier alpha value is -2.32. The standard InChI is InChI=1S/C11H12FN5.C6H12FNO2S/c1-3-6(2)10-7(4-13)9(12)8-5-15-11(14)16-17(8)10;1-11(9,10)8-4-2-3-6(7)5-8/h5-6H,3H2,1-2H3,(H2,14,16);6H,2-5H2,1H3. The molecule has 28 heavy (non-hydrogen) atoms. The van der Waals surface area contributed by atoms with Crippen LogP contribution in [0.5, 0.6) is 0 Å². The van der Waals surface area contributed by atoms with E-state index < -0.39 is 22.0 Å². The van der Waals surface area contributed by atoms with Gasteiger partial charge in [0.05, 0.1) is 18.1 Å². The summed E-state index contributed by atoms with van der Waals surface area (Å²) in [5.41, 5.74) is 6.25. The zero-order valence-electron chi connectivity index (χ0n) is 16.1. The van der Waals surface area contributed by atoms with Crippen LogP contribution in [0.25, 0.3) is 5.52 Å². The highest BCUT2D eigenvalue weighted by atomic mass is 32.2. The predicted octanol–water partition coefficient (Wildman–Crippen LogP) is 2.22. The van der Waals surface area contributed by atoms with E-state index >= 15 is 0 Å². The van der Waals surface area contributed by atoms with Gasteiger partial charge >= 0.3 is 0 Å². The first-order valence-electron chi connectivity index (χ1n) is 8.92. The summed E-state index contributed by atoms with van der Waals surface area (Å²) in [5, 5.41) is 13.0. The van der Waals surface area contributed by atoms with Gasteiger partial charge in [-0.3, -0.25) is 0 Å². The van der Waals surface area contributed by atoms with Crippen LogP contribution in [0.15, 0.2) is 6.20 Å². The van der Waals surface area contributed by atoms with Crippen molar-refractivity contribution < 1.29 is 17.2 Å². The lowest BCUT2D eigenvalue weighted by Crippen LogP contribution is -2.39. The number of aromatic nitrogens is 3. The molecule has 2 aromatic heterocycles. The van der Waals surface area contributed by atoms with Gasteiger partial charge in [-0.2, -0.15) is 9.57 Å². The first-order valence-corrected chi connectivity index (χ1v) is 10.8. The normalized spacial score (nSPS) is 18.9. The number of hydrogen-bond acceptors (Lipinski definition) is 6. The van der Waals surface area contributed by atoms with Crippen LogP contribution in [0.2, 0.25) is 0 Å². The molecule has 1 aliphatic rings. The lowest BCUT2D eigenvalue weighted by molar-refractivity contribution is 0.203. The third-order valence-electron chi connectivity index (χ3n) is 4.67. The maximum Gasteiger partial charge on any atom is 0.238 e. The van der Waals surface area contributed by atoms with E-state index in [1.807, 2.05) is 19.9 Å². The fraction of sp³-hybridized carbons (Fsp3) is 0.588. The molecule has 0 amide bonds. The summed E-state index contributed by atoms with van der Waals surface area (Å²) in [6.07, 6.45) is 3.35. The van der Waals surface area contributed by atoms with Gasteiger partial charge in [0.1, 0.15) is 23.3 Å². The molecule has 11 heteroatoms. The quantitative estimate of drug-likeness (QED) is 0.823. The van der Waals surface area contributed by atoms with E-state index in [4.69, 9.17) is 11.0 Å². The molecule has 0 bridgehead atoms. The molecule has 0 saturated carbocycles. The van der Waals surface area contributed by atoms with Gasteiger partial charge in [-0.15, -0.1) is 5.10 Å². The Labute approximate surface area is 163 Å². The van der Waals surface area contributed by atoms with Crippen LogP contribution in [0, 0.1) is 17.1 Å². The number of alkyl halides is 1. The molecule has 2 aromatic rings. The lowest BCUT2D eigenvalue weighted by Gasteiger charge is -2.26. The van der Waals surface area contributed by atoms with Crippen LogP contribution < -0.4 is 5.73 Å². The highest BCUT2D eigenvalue weighted by Crippen LogP contribution is 2.28. The molecule has 2 unspecified atom stereocenters. The molecule has 2 N–H and O–H groups in total. The number of nitriles is 1. The predicted molar refractivity (Wildman–Crippen MR) is 101 cm³/mol. The fourth-order valence-corrected chi connectivity index (χ4v) is 3.89. The van der Waals surface area contributed by atoms with E-state index in [2.05, 4.69) is 10.1 Å². The van der Waals surface area contributed by atoms with Crippen LogP contribution in [0.4, 0.5) is 14.7 Å². The summed E-state index contributed by atoms with van der Waals surface area (Å²) in [4.78, 5) is 3.74. The molecule has 0 aromatic carbocycles. The molecular weight excluding hydrogens is 390 g/mol. The number of sulfonamides is 1. The molecule has 3 heterocycles. The van der Waals surface area contributed by atoms with Crippen LogP contribution in [-0.4, -0.2) is 52.8 Å². The highest BCUT2D eigenvalue weighted by molar-refractivity contribution is 7.88. The van der Waals surface area contributed by atoms with Gasteiger partial charge in [-0.25, -0.2) is 26.7 Å². The van der Waals surface area contributed by atoms with Crippen molar-refractivity contribution >= 4 is 21.5 Å². The molecular formula is C17H24F2N6O2S. The molecule has 1 saturated heterocycles. The summed E-state index contributed by atoms with van der Waals surface area (Å²) in [5.74, 6) is -0.500. The molecule has 0 radical (unpaired) electrons. The molecule has 1 aliphatic heterocycles. The van der Waals surface area contributed by atoms with Crippen molar-refractivity contribution in [2.45, 2.75) is 45.2 Å². The smallest absolute Gasteiger partial charge is 0.238 e. The average Bonchev–Trinajstić information content (AvgIpc) is 2.92. The zero-order valence-corrected chi connectivity index (χ0v) is 16.9. The molecule has 1 fully saturated rings. The van der Waals surface area contributed by atoms with Crippen LogP contribution in [-0.2, 0) is 10.0 Å². The van der Waals surface area contributed by atoms with Gasteiger partial charge in [0.25, 0.3) is 0 Å². The molecule has 154 valence electrons. The van der Waals surface area contributed by atoms with Crippen LogP contribution in [0.1, 0.15) is 50.3 Å². The number of anilines is 1. The summed E-state index contributed by atoms with van der Waals surface area (Å²) in [7, 11) is -3.17. The van der Waals surface area contributed by atoms with Gasteiger partial charge in [0.15, 0.2) is 5.82 Å². The topological polar surface area (TPSA) is 117 Å². The second kappa shape index (κ2) is 8.79. The maximum atomic E-state index is 14.0. The Morgan fingerprint density at radius 3 is 2.68 bits per heavy atom. The highest BCUT2D eigenvalue weighted by Gasteiger charge is 2.25. The fourth-order valence-electron chi connectivity index (χ4n) is 2.99. The van der Waals surface area contributed by atoms with E-state index in [-0.39, 0.29) is 29.5 Å². The Morgan fingerprint density at radius 2 is 2.18 bits per heavy atom. The van der Waals surface area contributed by atoms with Gasteiger partial charge in [-0.05, 0) is 25.2 Å². The minimum Gasteiger partial charge on any atom is -0.367 e. The number of fused-ring (bicyclic) bond motifs is 1. The lowest BCUT2D eigenvalue weighted by atomic mass is 10.0. The molecule has 8 nitrogen and oxygen atoms in total. The third kappa shape index (κ3) is 4.74. The average molecular weight is 414 g/mol. The Balaban J connectivity index is 0.000000221. The number of rotatable bonds is 3. The van der Waals surface area contributed by atoms with Crippen LogP contribution in [0.3, 0.4) is 0 Å². The second-order valence-corrected chi connectivity index (χ2v) is 8.75. The maximum absolute atomic E-state index is 14.0. The van der Waals surface area contributed by atoms with E-state index in [1.54, 1.807) is 0 Å². The second-order valence-electron chi connectivity index (χ2n) is 6.77. The number of nitrogen functional groups attached to an aromatic ring is 1. The summed E-state index contributed by atoms with van der Waals surface area (Å²) in [6.45, 7) is 4.39. The van der Waals surface area contributed by atoms with Crippen molar-refractivity contribution in [1.29, 1.82) is 5.26 Å². The van der Waals surface area contributed by atoms with Crippen molar-refractivity contribution in [2.75, 3.05) is 25.1 Å². The molecule has 2 atom stereocenters. The summed E-state index contributed by atoms with van der Waals surface area (Å²) < 4.78 is 51.0. The first kappa shape index (κ1) is 22.0. The Morgan fingerprint density at radius 1 is 1.50 bits per heavy atom. The number of nitrogens with two attached hydrogens (primary N) is 1.